The summed E-state index contributed by atoms with van der Waals surface area (Å²) in [6, 6.07) is 12.1. The number of ether oxygens (including phenoxy) is 1. The highest BCUT2D eigenvalue weighted by Gasteiger charge is 2.00. The van der Waals surface area contributed by atoms with Gasteiger partial charge in [0, 0.05) is 22.9 Å². The SMILES string of the molecule is CNCc1cccn1CCOc1ccc(Br)cc1. The molecule has 1 heterocycles. The lowest BCUT2D eigenvalue weighted by Gasteiger charge is -2.10. The van der Waals surface area contributed by atoms with E-state index in [4.69, 9.17) is 4.74 Å². The second-order valence-electron chi connectivity index (χ2n) is 4.03. The Morgan fingerprint density at radius 2 is 2.00 bits per heavy atom. The predicted octanol–water partition coefficient (Wildman–Crippen LogP) is 3.05. The van der Waals surface area contributed by atoms with E-state index in [1.54, 1.807) is 0 Å². The molecule has 1 aromatic carbocycles. The van der Waals surface area contributed by atoms with Crippen molar-refractivity contribution in [1.82, 2.24) is 9.88 Å². The minimum atomic E-state index is 0.674. The second kappa shape index (κ2) is 6.61. The van der Waals surface area contributed by atoms with E-state index >= 15 is 0 Å². The van der Waals surface area contributed by atoms with Crippen LogP contribution in [-0.4, -0.2) is 18.2 Å². The Labute approximate surface area is 116 Å². The number of nitrogens with zero attached hydrogens (tertiary/aromatic N) is 1. The molecule has 1 aromatic heterocycles. The highest BCUT2D eigenvalue weighted by molar-refractivity contribution is 9.10. The molecule has 0 aliphatic carbocycles. The number of benzene rings is 1. The van der Waals surface area contributed by atoms with Crippen LogP contribution in [0.5, 0.6) is 5.75 Å². The number of hydrogen-bond donors (Lipinski definition) is 1. The van der Waals surface area contributed by atoms with Crippen LogP contribution in [0.4, 0.5) is 0 Å². The number of halogens is 1. The molecular weight excluding hydrogens is 292 g/mol. The van der Waals surface area contributed by atoms with E-state index in [2.05, 4.69) is 44.1 Å². The van der Waals surface area contributed by atoms with E-state index < -0.39 is 0 Å². The molecule has 18 heavy (non-hydrogen) atoms. The third kappa shape index (κ3) is 3.62. The Balaban J connectivity index is 1.84. The van der Waals surface area contributed by atoms with Crippen molar-refractivity contribution < 1.29 is 4.74 Å². The molecule has 1 N–H and O–H groups in total. The fraction of sp³-hybridized carbons (Fsp3) is 0.286. The fourth-order valence-electron chi connectivity index (χ4n) is 1.80. The summed E-state index contributed by atoms with van der Waals surface area (Å²) in [7, 11) is 1.95. The molecule has 0 spiro atoms. The first-order valence-electron chi connectivity index (χ1n) is 5.96. The van der Waals surface area contributed by atoms with E-state index in [1.807, 2.05) is 31.3 Å². The topological polar surface area (TPSA) is 26.2 Å². The molecule has 3 nitrogen and oxygen atoms in total. The van der Waals surface area contributed by atoms with Gasteiger partial charge in [-0.05, 0) is 43.4 Å². The van der Waals surface area contributed by atoms with E-state index in [1.165, 1.54) is 5.69 Å². The molecule has 0 unspecified atom stereocenters. The Hall–Kier alpha value is -1.26. The lowest BCUT2D eigenvalue weighted by atomic mass is 10.3. The summed E-state index contributed by atoms with van der Waals surface area (Å²) in [5.74, 6) is 0.903. The zero-order chi connectivity index (χ0) is 12.8. The van der Waals surface area contributed by atoms with E-state index in [-0.39, 0.29) is 0 Å². The summed E-state index contributed by atoms with van der Waals surface area (Å²) in [5, 5.41) is 3.16. The molecule has 0 amide bonds. The van der Waals surface area contributed by atoms with Gasteiger partial charge in [0.1, 0.15) is 12.4 Å². The van der Waals surface area contributed by atoms with E-state index in [9.17, 15) is 0 Å². The molecule has 0 radical (unpaired) electrons. The van der Waals surface area contributed by atoms with E-state index in [0.29, 0.717) is 6.61 Å². The first-order valence-corrected chi connectivity index (χ1v) is 6.76. The van der Waals surface area contributed by atoms with Crippen molar-refractivity contribution in [2.45, 2.75) is 13.1 Å². The standard InChI is InChI=1S/C14H17BrN2O/c1-16-11-13-3-2-8-17(13)9-10-18-14-6-4-12(15)5-7-14/h2-8,16H,9-11H2,1H3. The average Bonchev–Trinajstić information content (AvgIpc) is 2.80. The smallest absolute Gasteiger partial charge is 0.119 e. The maximum absolute atomic E-state index is 5.71. The van der Waals surface area contributed by atoms with Crippen LogP contribution in [0.25, 0.3) is 0 Å². The molecule has 0 aliphatic rings. The number of rotatable bonds is 6. The Morgan fingerprint density at radius 3 is 2.72 bits per heavy atom. The van der Waals surface area contributed by atoms with Crippen LogP contribution in [-0.2, 0) is 13.1 Å². The van der Waals surface area contributed by atoms with Gasteiger partial charge in [0.25, 0.3) is 0 Å². The molecule has 4 heteroatoms. The summed E-state index contributed by atoms with van der Waals surface area (Å²) >= 11 is 3.41. The minimum absolute atomic E-state index is 0.674. The van der Waals surface area contributed by atoms with Gasteiger partial charge in [-0.25, -0.2) is 0 Å². The quantitative estimate of drug-likeness (QED) is 0.887. The Bertz CT molecular complexity index is 479. The molecule has 0 saturated heterocycles. The van der Waals surface area contributed by atoms with Crippen LogP contribution in [0.2, 0.25) is 0 Å². The van der Waals surface area contributed by atoms with Crippen molar-refractivity contribution in [3.63, 3.8) is 0 Å². The van der Waals surface area contributed by atoms with Crippen LogP contribution in [0.3, 0.4) is 0 Å². The number of aromatic nitrogens is 1. The van der Waals surface area contributed by atoms with Crippen LogP contribution >= 0.6 is 15.9 Å². The lowest BCUT2D eigenvalue weighted by molar-refractivity contribution is 0.296. The van der Waals surface area contributed by atoms with Gasteiger partial charge >= 0.3 is 0 Å². The molecule has 2 aromatic rings. The van der Waals surface area contributed by atoms with E-state index in [0.717, 1.165) is 23.3 Å². The second-order valence-corrected chi connectivity index (χ2v) is 4.94. The van der Waals surface area contributed by atoms with Crippen molar-refractivity contribution in [3.05, 3.63) is 52.8 Å². The largest absolute Gasteiger partial charge is 0.492 e. The summed E-state index contributed by atoms with van der Waals surface area (Å²) < 4.78 is 8.98. The normalized spacial score (nSPS) is 10.6. The minimum Gasteiger partial charge on any atom is -0.492 e. The van der Waals surface area contributed by atoms with Gasteiger partial charge in [0.15, 0.2) is 0 Å². The van der Waals surface area contributed by atoms with Gasteiger partial charge < -0.3 is 14.6 Å². The molecule has 0 aliphatic heterocycles. The molecule has 2 rings (SSSR count). The van der Waals surface area contributed by atoms with Crippen molar-refractivity contribution in [1.29, 1.82) is 0 Å². The van der Waals surface area contributed by atoms with Crippen molar-refractivity contribution in [3.8, 4) is 5.75 Å². The lowest BCUT2D eigenvalue weighted by Crippen LogP contribution is -2.14. The van der Waals surface area contributed by atoms with Gasteiger partial charge in [0.05, 0.1) is 6.54 Å². The molecular formula is C14H17BrN2O. The zero-order valence-corrected chi connectivity index (χ0v) is 12.0. The molecule has 0 atom stereocenters. The molecule has 96 valence electrons. The fourth-order valence-corrected chi connectivity index (χ4v) is 2.07. The maximum Gasteiger partial charge on any atom is 0.119 e. The monoisotopic (exact) mass is 308 g/mol. The summed E-state index contributed by atoms with van der Waals surface area (Å²) in [5.41, 5.74) is 1.27. The summed E-state index contributed by atoms with van der Waals surface area (Å²) in [6.07, 6.45) is 2.08. The molecule has 0 fully saturated rings. The highest BCUT2D eigenvalue weighted by Crippen LogP contribution is 2.16. The van der Waals surface area contributed by atoms with Gasteiger partial charge in [-0.3, -0.25) is 0 Å². The van der Waals surface area contributed by atoms with Gasteiger partial charge in [0.2, 0.25) is 0 Å². The Morgan fingerprint density at radius 1 is 1.22 bits per heavy atom. The van der Waals surface area contributed by atoms with Gasteiger partial charge in [-0.2, -0.15) is 0 Å². The van der Waals surface area contributed by atoms with Crippen molar-refractivity contribution >= 4 is 15.9 Å². The van der Waals surface area contributed by atoms with Crippen molar-refractivity contribution in [2.24, 2.45) is 0 Å². The number of nitrogens with one attached hydrogen (secondary N) is 1. The first-order chi connectivity index (χ1) is 8.79. The van der Waals surface area contributed by atoms with Crippen LogP contribution in [0, 0.1) is 0 Å². The third-order valence-electron chi connectivity index (χ3n) is 2.70. The van der Waals surface area contributed by atoms with Crippen LogP contribution in [0.1, 0.15) is 5.69 Å². The Kier molecular flexibility index (Phi) is 4.84. The van der Waals surface area contributed by atoms with Crippen molar-refractivity contribution in [2.75, 3.05) is 13.7 Å². The zero-order valence-electron chi connectivity index (χ0n) is 10.4. The highest BCUT2D eigenvalue weighted by atomic mass is 79.9. The maximum atomic E-state index is 5.71. The number of hydrogen-bond acceptors (Lipinski definition) is 2. The predicted molar refractivity (Wildman–Crippen MR) is 76.8 cm³/mol. The van der Waals surface area contributed by atoms with Gasteiger partial charge in [-0.15, -0.1) is 0 Å². The first kappa shape index (κ1) is 13.2. The van der Waals surface area contributed by atoms with Crippen LogP contribution < -0.4 is 10.1 Å². The molecule has 0 bridgehead atoms. The summed E-state index contributed by atoms with van der Waals surface area (Å²) in [4.78, 5) is 0. The average molecular weight is 309 g/mol. The van der Waals surface area contributed by atoms with Gasteiger partial charge in [-0.1, -0.05) is 15.9 Å². The van der Waals surface area contributed by atoms with Crippen LogP contribution in [0.15, 0.2) is 47.1 Å². The summed E-state index contributed by atoms with van der Waals surface area (Å²) in [6.45, 7) is 2.42. The molecule has 0 saturated carbocycles. The third-order valence-corrected chi connectivity index (χ3v) is 3.22.